The van der Waals surface area contributed by atoms with Crippen LogP contribution in [0.15, 0.2) is 24.0 Å². The summed E-state index contributed by atoms with van der Waals surface area (Å²) in [5.41, 5.74) is -0.146. The van der Waals surface area contributed by atoms with Crippen LogP contribution < -0.4 is 9.47 Å². The molecule has 0 aromatic heterocycles. The van der Waals surface area contributed by atoms with Crippen molar-refractivity contribution in [3.63, 3.8) is 0 Å². The number of carbonyl (C=O) groups is 5. The number of methoxy groups -OCH3 is 1. The number of carbonyl (C=O) groups excluding carboxylic acids is 3. The van der Waals surface area contributed by atoms with Crippen molar-refractivity contribution < 1.29 is 63.0 Å². The molecular weight excluding hydrogens is 544 g/mol. The van der Waals surface area contributed by atoms with E-state index in [1.165, 1.54) is 7.11 Å². The van der Waals surface area contributed by atoms with Gasteiger partial charge in [-0.3, -0.25) is 14.4 Å². The number of aliphatic carboxylic acids is 2. The van der Waals surface area contributed by atoms with Crippen molar-refractivity contribution in [2.75, 3.05) is 7.11 Å². The lowest BCUT2D eigenvalue weighted by Crippen LogP contribution is -2.67. The quantitative estimate of drug-likeness (QED) is 0.269. The van der Waals surface area contributed by atoms with Gasteiger partial charge >= 0.3 is 29.8 Å². The summed E-state index contributed by atoms with van der Waals surface area (Å²) in [6.45, 7) is 0.971. The van der Waals surface area contributed by atoms with Crippen LogP contribution in [-0.4, -0.2) is 76.2 Å². The fraction of sp³-hybridized carbons (Fsp3) is 0.536. The molecule has 1 aromatic carbocycles. The van der Waals surface area contributed by atoms with Gasteiger partial charge in [-0.1, -0.05) is 12.5 Å². The lowest BCUT2D eigenvalue weighted by atomic mass is 9.47. The highest BCUT2D eigenvalue weighted by Crippen LogP contribution is 2.67. The molecule has 3 aliphatic carbocycles. The van der Waals surface area contributed by atoms with Gasteiger partial charge in [0.1, 0.15) is 5.76 Å². The van der Waals surface area contributed by atoms with Gasteiger partial charge in [0, 0.05) is 12.5 Å². The van der Waals surface area contributed by atoms with E-state index in [0.717, 1.165) is 30.9 Å². The number of hydrogen-bond acceptors (Lipinski definition) is 11. The van der Waals surface area contributed by atoms with Crippen LogP contribution in [-0.2, 0) is 50.0 Å². The summed E-state index contributed by atoms with van der Waals surface area (Å²) in [6.07, 6.45) is -2.01. The number of ether oxygens (including phenoxy) is 5. The van der Waals surface area contributed by atoms with Gasteiger partial charge in [-0.2, -0.15) is 0 Å². The molecule has 13 nitrogen and oxygen atoms in total. The normalized spacial score (nSPS) is 28.1. The SMILES string of the molecule is COc1ccc2c3c1O[C@@H]1C(OC(=O)C[C@H](OC(C)=O)C(=O)O[C@H](CC(=O)O)C(=O)O)=CC[C@]4(O)[C@@H](CCC[C@@]314)C2. The Morgan fingerprint density at radius 1 is 1.10 bits per heavy atom. The first-order valence-corrected chi connectivity index (χ1v) is 13.2. The Morgan fingerprint density at radius 2 is 1.85 bits per heavy atom. The second-order valence-electron chi connectivity index (χ2n) is 10.8. The Morgan fingerprint density at radius 3 is 2.51 bits per heavy atom. The van der Waals surface area contributed by atoms with E-state index in [1.54, 1.807) is 6.08 Å². The zero-order valence-electron chi connectivity index (χ0n) is 22.4. The molecular formula is C28H30O13. The fourth-order valence-corrected chi connectivity index (χ4v) is 6.93. The zero-order valence-corrected chi connectivity index (χ0v) is 22.4. The van der Waals surface area contributed by atoms with E-state index in [0.29, 0.717) is 24.3 Å². The molecule has 1 saturated carbocycles. The van der Waals surface area contributed by atoms with Crippen molar-refractivity contribution in [2.24, 2.45) is 5.92 Å². The third-order valence-electron chi connectivity index (χ3n) is 8.52. The van der Waals surface area contributed by atoms with Gasteiger partial charge in [-0.05, 0) is 49.3 Å². The summed E-state index contributed by atoms with van der Waals surface area (Å²) in [6, 6.07) is 3.78. The van der Waals surface area contributed by atoms with Gasteiger partial charge in [0.05, 0.1) is 31.0 Å². The van der Waals surface area contributed by atoms with Crippen molar-refractivity contribution in [2.45, 2.75) is 81.2 Å². The summed E-state index contributed by atoms with van der Waals surface area (Å²) >= 11 is 0. The molecule has 1 aliphatic heterocycles. The highest BCUT2D eigenvalue weighted by atomic mass is 16.6. The molecule has 0 radical (unpaired) electrons. The van der Waals surface area contributed by atoms with Crippen molar-refractivity contribution >= 4 is 29.8 Å². The maximum atomic E-state index is 13.1. The van der Waals surface area contributed by atoms with Crippen LogP contribution in [0, 0.1) is 5.92 Å². The number of carboxylic acid groups (broad SMARTS) is 2. The first-order valence-electron chi connectivity index (χ1n) is 13.2. The highest BCUT2D eigenvalue weighted by Gasteiger charge is 2.71. The average Bonchev–Trinajstić information content (AvgIpc) is 3.24. The van der Waals surface area contributed by atoms with Crippen LogP contribution in [0.1, 0.15) is 56.6 Å². The lowest BCUT2D eigenvalue weighted by Gasteiger charge is -2.59. The Labute approximate surface area is 234 Å². The van der Waals surface area contributed by atoms with Crippen LogP contribution >= 0.6 is 0 Å². The minimum atomic E-state index is -2.06. The minimum Gasteiger partial charge on any atom is -0.493 e. The Bertz CT molecular complexity index is 1350. The smallest absolute Gasteiger partial charge is 0.348 e. The number of carboxylic acids is 2. The fourth-order valence-electron chi connectivity index (χ4n) is 6.93. The summed E-state index contributed by atoms with van der Waals surface area (Å²) in [7, 11) is 1.51. The number of benzene rings is 1. The molecule has 6 atom stereocenters. The van der Waals surface area contributed by atoms with Gasteiger partial charge in [0.2, 0.25) is 12.2 Å². The van der Waals surface area contributed by atoms with E-state index < -0.39 is 72.0 Å². The van der Waals surface area contributed by atoms with E-state index >= 15 is 0 Å². The molecule has 2 bridgehead atoms. The van der Waals surface area contributed by atoms with E-state index in [9.17, 15) is 34.2 Å². The predicted octanol–water partition coefficient (Wildman–Crippen LogP) is 1.41. The molecule has 5 rings (SSSR count). The molecule has 41 heavy (non-hydrogen) atoms. The highest BCUT2D eigenvalue weighted by molar-refractivity contribution is 5.87. The second-order valence-corrected chi connectivity index (χ2v) is 10.8. The van der Waals surface area contributed by atoms with Gasteiger partial charge < -0.3 is 39.0 Å². The molecule has 13 heteroatoms. The molecule has 1 fully saturated rings. The van der Waals surface area contributed by atoms with Crippen LogP contribution in [0.4, 0.5) is 0 Å². The molecule has 0 amide bonds. The van der Waals surface area contributed by atoms with Gasteiger partial charge in [0.15, 0.2) is 17.6 Å². The van der Waals surface area contributed by atoms with E-state index in [2.05, 4.69) is 0 Å². The van der Waals surface area contributed by atoms with Crippen LogP contribution in [0.2, 0.25) is 0 Å². The average molecular weight is 575 g/mol. The topological polar surface area (TPSA) is 192 Å². The molecule has 3 N–H and O–H groups in total. The Kier molecular flexibility index (Phi) is 7.18. The van der Waals surface area contributed by atoms with Crippen LogP contribution in [0.25, 0.3) is 0 Å². The van der Waals surface area contributed by atoms with Crippen molar-refractivity contribution in [1.29, 1.82) is 0 Å². The first-order chi connectivity index (χ1) is 19.4. The maximum absolute atomic E-state index is 13.1. The summed E-state index contributed by atoms with van der Waals surface area (Å²) in [5, 5.41) is 30.2. The molecule has 1 aromatic rings. The first kappa shape index (κ1) is 28.4. The van der Waals surface area contributed by atoms with E-state index in [4.69, 9.17) is 28.8 Å². The van der Waals surface area contributed by atoms with Crippen molar-refractivity contribution in [3.8, 4) is 11.5 Å². The summed E-state index contributed by atoms with van der Waals surface area (Å²) < 4.78 is 27.2. The molecule has 0 unspecified atom stereocenters. The van der Waals surface area contributed by atoms with E-state index in [1.807, 2.05) is 12.1 Å². The number of hydrogen-bond donors (Lipinski definition) is 3. The third-order valence-corrected chi connectivity index (χ3v) is 8.52. The zero-order chi connectivity index (χ0) is 29.7. The summed E-state index contributed by atoms with van der Waals surface area (Å²) in [5.74, 6) is -5.60. The molecule has 220 valence electrons. The van der Waals surface area contributed by atoms with Crippen LogP contribution in [0.3, 0.4) is 0 Å². The lowest BCUT2D eigenvalue weighted by molar-refractivity contribution is -0.180. The largest absolute Gasteiger partial charge is 0.493 e. The maximum Gasteiger partial charge on any atom is 0.348 e. The number of esters is 3. The minimum absolute atomic E-state index is 0.0289. The second kappa shape index (κ2) is 10.4. The molecule has 1 spiro atoms. The standard InChI is InChI=1S/C28H30O13/c1-13(29)38-19(26(35)40-18(25(33)34)11-20(30)31)12-21(32)39-17-7-9-28(36)15-4-3-8-27(28)22-14(10-15)5-6-16(37-2)23(22)41-24(17)27/h5-7,15,18-19,24,36H,3-4,8-12H2,1-2H3,(H,30,31)(H,33,34)/t15-,18+,19-,24+,27+,28-/m0/s1. The van der Waals surface area contributed by atoms with Gasteiger partial charge in [-0.15, -0.1) is 0 Å². The Hall–Kier alpha value is -4.13. The predicted molar refractivity (Wildman–Crippen MR) is 134 cm³/mol. The molecule has 4 aliphatic rings. The van der Waals surface area contributed by atoms with Crippen molar-refractivity contribution in [1.82, 2.24) is 0 Å². The van der Waals surface area contributed by atoms with Gasteiger partial charge in [0.25, 0.3) is 0 Å². The number of rotatable bonds is 10. The van der Waals surface area contributed by atoms with E-state index in [-0.39, 0.29) is 18.1 Å². The van der Waals surface area contributed by atoms with Crippen molar-refractivity contribution in [3.05, 3.63) is 35.1 Å². The number of aliphatic hydroxyl groups is 1. The summed E-state index contributed by atoms with van der Waals surface area (Å²) in [4.78, 5) is 59.6. The molecule has 0 saturated heterocycles. The Balaban J connectivity index is 1.40. The van der Waals surface area contributed by atoms with Gasteiger partial charge in [-0.25, -0.2) is 9.59 Å². The monoisotopic (exact) mass is 574 g/mol. The third kappa shape index (κ3) is 4.57. The molecule has 1 heterocycles. The van der Waals surface area contributed by atoms with Crippen LogP contribution in [0.5, 0.6) is 11.5 Å².